The first-order chi connectivity index (χ1) is 12.0. The maximum absolute atomic E-state index is 11.7. The molecule has 0 aliphatic rings. The predicted octanol–water partition coefficient (Wildman–Crippen LogP) is 3.09. The number of thiocarbonyl (C=S) groups is 1. The van der Waals surface area contributed by atoms with Gasteiger partial charge in [0, 0.05) is 11.8 Å². The molecule has 0 spiro atoms. The summed E-state index contributed by atoms with van der Waals surface area (Å²) in [6, 6.07) is 13.2. The Hall–Kier alpha value is -3.20. The zero-order valence-electron chi connectivity index (χ0n) is 13.3. The van der Waals surface area contributed by atoms with Crippen LogP contribution in [0.15, 0.2) is 48.5 Å². The molecule has 0 unspecified atom stereocenters. The van der Waals surface area contributed by atoms with Crippen molar-refractivity contribution in [3.8, 4) is 0 Å². The lowest BCUT2D eigenvalue weighted by Crippen LogP contribution is -2.33. The molecule has 0 aromatic heterocycles. The van der Waals surface area contributed by atoms with E-state index in [-0.39, 0.29) is 28.7 Å². The van der Waals surface area contributed by atoms with Gasteiger partial charge >= 0.3 is 5.97 Å². The number of carbonyl (C=O) groups is 1. The highest BCUT2D eigenvalue weighted by molar-refractivity contribution is 7.80. The van der Waals surface area contributed by atoms with Crippen LogP contribution in [0, 0.1) is 10.1 Å². The Kier molecular flexibility index (Phi) is 6.24. The van der Waals surface area contributed by atoms with Gasteiger partial charge in [-0.25, -0.2) is 4.79 Å². The number of hydrogen-bond donors (Lipinski definition) is 3. The fraction of sp³-hybridized carbons (Fsp3) is 0.125. The highest BCUT2D eigenvalue weighted by atomic mass is 32.1. The third-order valence-corrected chi connectivity index (χ3v) is 3.25. The standard InChI is InChI=1S/C16H16N4O4S/c1-2-24-15(21)11-8-9-13(14(10-11)20(22)23)18-19-16(25)17-12-6-4-3-5-7-12/h3-10,18H,2H2,1H3,(H2,17,19,25). The number of ether oxygens (including phenoxy) is 1. The van der Waals surface area contributed by atoms with Gasteiger partial charge in [-0.2, -0.15) is 0 Å². The zero-order chi connectivity index (χ0) is 18.2. The Morgan fingerprint density at radius 2 is 1.96 bits per heavy atom. The molecule has 0 atom stereocenters. The Balaban J connectivity index is 2.07. The van der Waals surface area contributed by atoms with Gasteiger partial charge in [-0.15, -0.1) is 0 Å². The Morgan fingerprint density at radius 3 is 2.60 bits per heavy atom. The molecular weight excluding hydrogens is 344 g/mol. The van der Waals surface area contributed by atoms with Crippen LogP contribution in [0.25, 0.3) is 0 Å². The van der Waals surface area contributed by atoms with E-state index in [1.54, 1.807) is 6.92 Å². The van der Waals surface area contributed by atoms with Gasteiger partial charge in [0.15, 0.2) is 5.11 Å². The summed E-state index contributed by atoms with van der Waals surface area (Å²) in [5.41, 5.74) is 6.09. The number of para-hydroxylation sites is 1. The van der Waals surface area contributed by atoms with Crippen LogP contribution in [-0.4, -0.2) is 22.6 Å². The van der Waals surface area contributed by atoms with Crippen LogP contribution in [0.1, 0.15) is 17.3 Å². The fourth-order valence-corrected chi connectivity index (χ4v) is 2.11. The summed E-state index contributed by atoms with van der Waals surface area (Å²) in [6.07, 6.45) is 0. The summed E-state index contributed by atoms with van der Waals surface area (Å²) in [4.78, 5) is 22.3. The number of rotatable bonds is 6. The first kappa shape index (κ1) is 18.1. The van der Waals surface area contributed by atoms with E-state index in [0.717, 1.165) is 11.8 Å². The van der Waals surface area contributed by atoms with E-state index in [9.17, 15) is 14.9 Å². The van der Waals surface area contributed by atoms with Crippen LogP contribution in [0.5, 0.6) is 0 Å². The SMILES string of the molecule is CCOC(=O)c1ccc(NNC(=S)Nc2ccccc2)c([N+](=O)[O-])c1. The minimum atomic E-state index is -0.619. The summed E-state index contributed by atoms with van der Waals surface area (Å²) >= 11 is 5.12. The van der Waals surface area contributed by atoms with Crippen LogP contribution >= 0.6 is 12.2 Å². The van der Waals surface area contributed by atoms with Crippen molar-refractivity contribution >= 4 is 40.4 Å². The molecule has 0 aliphatic heterocycles. The van der Waals surface area contributed by atoms with Gasteiger partial charge in [-0.05, 0) is 43.4 Å². The maximum atomic E-state index is 11.7. The van der Waals surface area contributed by atoms with E-state index < -0.39 is 10.9 Å². The van der Waals surface area contributed by atoms with Crippen molar-refractivity contribution in [2.24, 2.45) is 0 Å². The molecular formula is C16H16N4O4S. The zero-order valence-corrected chi connectivity index (χ0v) is 14.1. The van der Waals surface area contributed by atoms with E-state index in [2.05, 4.69) is 16.2 Å². The number of nitrogens with one attached hydrogen (secondary N) is 3. The number of benzene rings is 2. The molecule has 25 heavy (non-hydrogen) atoms. The minimum absolute atomic E-state index is 0.101. The van der Waals surface area contributed by atoms with Crippen LogP contribution < -0.4 is 16.2 Å². The summed E-state index contributed by atoms with van der Waals surface area (Å²) in [5, 5.41) is 14.4. The summed E-state index contributed by atoms with van der Waals surface area (Å²) in [5.74, 6) is -0.619. The molecule has 0 amide bonds. The second-order valence-electron chi connectivity index (χ2n) is 4.78. The number of hydrazine groups is 1. The fourth-order valence-electron chi connectivity index (χ4n) is 1.94. The topological polar surface area (TPSA) is 106 Å². The molecule has 0 heterocycles. The second-order valence-corrected chi connectivity index (χ2v) is 5.19. The van der Waals surface area contributed by atoms with E-state index in [1.807, 2.05) is 30.3 Å². The highest BCUT2D eigenvalue weighted by Gasteiger charge is 2.18. The van der Waals surface area contributed by atoms with Crippen LogP contribution in [0.3, 0.4) is 0 Å². The number of hydrogen-bond acceptors (Lipinski definition) is 6. The van der Waals surface area contributed by atoms with Gasteiger partial charge < -0.3 is 10.1 Å². The van der Waals surface area contributed by atoms with Crippen LogP contribution in [-0.2, 0) is 4.74 Å². The molecule has 3 N–H and O–H groups in total. The molecule has 2 rings (SSSR count). The lowest BCUT2D eigenvalue weighted by atomic mass is 10.2. The molecule has 9 heteroatoms. The van der Waals surface area contributed by atoms with Crippen molar-refractivity contribution in [3.05, 3.63) is 64.2 Å². The average Bonchev–Trinajstić information content (AvgIpc) is 2.60. The molecule has 0 aliphatic carbocycles. The van der Waals surface area contributed by atoms with Crippen LogP contribution in [0.4, 0.5) is 17.1 Å². The molecule has 2 aromatic rings. The number of nitrogens with zero attached hydrogens (tertiary/aromatic N) is 1. The van der Waals surface area contributed by atoms with Gasteiger partial charge in [0.25, 0.3) is 5.69 Å². The number of nitro groups is 1. The van der Waals surface area contributed by atoms with Gasteiger partial charge in [-0.3, -0.25) is 21.0 Å². The molecule has 0 saturated heterocycles. The molecule has 0 radical (unpaired) electrons. The normalized spacial score (nSPS) is 9.80. The predicted molar refractivity (Wildman–Crippen MR) is 98.5 cm³/mol. The summed E-state index contributed by atoms with van der Waals surface area (Å²) in [6.45, 7) is 1.85. The lowest BCUT2D eigenvalue weighted by molar-refractivity contribution is -0.384. The lowest BCUT2D eigenvalue weighted by Gasteiger charge is -2.13. The molecule has 0 bridgehead atoms. The van der Waals surface area contributed by atoms with Crippen molar-refractivity contribution < 1.29 is 14.5 Å². The first-order valence-corrected chi connectivity index (χ1v) is 7.75. The summed E-state index contributed by atoms with van der Waals surface area (Å²) in [7, 11) is 0. The number of carbonyl (C=O) groups excluding carboxylic acids is 1. The number of nitro benzene ring substituents is 1. The average molecular weight is 360 g/mol. The minimum Gasteiger partial charge on any atom is -0.462 e. The Labute approximate surface area is 149 Å². The molecule has 130 valence electrons. The van der Waals surface area contributed by atoms with Gasteiger partial charge in [0.2, 0.25) is 0 Å². The number of esters is 1. The molecule has 2 aromatic carbocycles. The Morgan fingerprint density at radius 1 is 1.24 bits per heavy atom. The largest absolute Gasteiger partial charge is 0.462 e. The number of anilines is 2. The van der Waals surface area contributed by atoms with Crippen LogP contribution in [0.2, 0.25) is 0 Å². The van der Waals surface area contributed by atoms with Crippen molar-refractivity contribution in [2.75, 3.05) is 17.3 Å². The third-order valence-electron chi connectivity index (χ3n) is 3.05. The second kappa shape index (κ2) is 8.60. The van der Waals surface area contributed by atoms with Gasteiger partial charge in [0.05, 0.1) is 17.1 Å². The smallest absolute Gasteiger partial charge is 0.338 e. The third kappa shape index (κ3) is 5.15. The van der Waals surface area contributed by atoms with Gasteiger partial charge in [0.1, 0.15) is 5.69 Å². The highest BCUT2D eigenvalue weighted by Crippen LogP contribution is 2.25. The van der Waals surface area contributed by atoms with Crippen molar-refractivity contribution in [3.63, 3.8) is 0 Å². The molecule has 0 fully saturated rings. The Bertz CT molecular complexity index is 783. The van der Waals surface area contributed by atoms with Crippen molar-refractivity contribution in [2.45, 2.75) is 6.92 Å². The monoisotopic (exact) mass is 360 g/mol. The summed E-state index contributed by atoms with van der Waals surface area (Å²) < 4.78 is 4.84. The quantitative estimate of drug-likeness (QED) is 0.312. The van der Waals surface area contributed by atoms with E-state index >= 15 is 0 Å². The van der Waals surface area contributed by atoms with Gasteiger partial charge in [-0.1, -0.05) is 18.2 Å². The van der Waals surface area contributed by atoms with Crippen molar-refractivity contribution in [1.29, 1.82) is 0 Å². The van der Waals surface area contributed by atoms with E-state index in [4.69, 9.17) is 17.0 Å². The molecule has 8 nitrogen and oxygen atoms in total. The molecule has 0 saturated carbocycles. The van der Waals surface area contributed by atoms with E-state index in [0.29, 0.717) is 0 Å². The maximum Gasteiger partial charge on any atom is 0.338 e. The van der Waals surface area contributed by atoms with Crippen molar-refractivity contribution in [1.82, 2.24) is 5.43 Å². The van der Waals surface area contributed by atoms with E-state index in [1.165, 1.54) is 12.1 Å². The first-order valence-electron chi connectivity index (χ1n) is 7.35.